The monoisotopic (exact) mass is 336 g/mol. The molecule has 0 radical (unpaired) electrons. The molecule has 3 aliphatic heterocycles. The average Bonchev–Trinajstić information content (AvgIpc) is 3.12. The molecule has 3 heterocycles. The highest BCUT2D eigenvalue weighted by atomic mass is 16.8. The fraction of sp³-hybridized carbons (Fsp3) is 0.381. The summed E-state index contributed by atoms with van der Waals surface area (Å²) in [5.41, 5.74) is 9.69. The van der Waals surface area contributed by atoms with Gasteiger partial charge in [-0.05, 0) is 66.7 Å². The van der Waals surface area contributed by atoms with Crippen molar-refractivity contribution in [2.75, 3.05) is 0 Å². The number of allylic oxidation sites excluding steroid dienone is 8. The zero-order valence-electron chi connectivity index (χ0n) is 14.8. The van der Waals surface area contributed by atoms with E-state index in [1.165, 1.54) is 33.4 Å². The van der Waals surface area contributed by atoms with E-state index < -0.39 is 6.16 Å². The van der Waals surface area contributed by atoms with Gasteiger partial charge in [0.15, 0.2) is 12.2 Å². The summed E-state index contributed by atoms with van der Waals surface area (Å²) in [7, 11) is 0. The Morgan fingerprint density at radius 1 is 0.840 bits per heavy atom. The standard InChI is InChI=1S/C21H20O4/c1-9-7-11(3)14-10(2)5-6-13-16(15(14)12(4)8-9)18-20-19(17(13)23-18)24-21(22)25-20/h5-8,17-20H,1-4H3/t17-,18+,19+,20-/m1/s1. The van der Waals surface area contributed by atoms with Crippen LogP contribution in [0.25, 0.3) is 0 Å². The summed E-state index contributed by atoms with van der Waals surface area (Å²) in [6.07, 6.45) is 6.97. The molecular formula is C21H20O4. The molecule has 5 rings (SSSR count). The second-order valence-corrected chi connectivity index (χ2v) is 7.43. The first-order chi connectivity index (χ1) is 12.0. The van der Waals surface area contributed by atoms with Crippen molar-refractivity contribution >= 4 is 6.16 Å². The van der Waals surface area contributed by atoms with E-state index in [0.29, 0.717) is 0 Å². The predicted octanol–water partition coefficient (Wildman–Crippen LogP) is 4.08. The van der Waals surface area contributed by atoms with Gasteiger partial charge in [0.05, 0.1) is 0 Å². The summed E-state index contributed by atoms with van der Waals surface area (Å²) in [6, 6.07) is 0. The molecule has 2 bridgehead atoms. The van der Waals surface area contributed by atoms with Gasteiger partial charge in [0.1, 0.15) is 12.2 Å². The molecule has 5 aliphatic rings. The topological polar surface area (TPSA) is 44.8 Å². The van der Waals surface area contributed by atoms with Gasteiger partial charge in [-0.2, -0.15) is 0 Å². The minimum absolute atomic E-state index is 0.238. The smallest absolute Gasteiger partial charge is 0.424 e. The van der Waals surface area contributed by atoms with Crippen molar-refractivity contribution in [3.63, 3.8) is 0 Å². The van der Waals surface area contributed by atoms with Crippen LogP contribution in [0, 0.1) is 0 Å². The van der Waals surface area contributed by atoms with E-state index >= 15 is 0 Å². The molecule has 0 aromatic carbocycles. The largest absolute Gasteiger partial charge is 0.509 e. The van der Waals surface area contributed by atoms with E-state index in [9.17, 15) is 4.79 Å². The van der Waals surface area contributed by atoms with E-state index in [4.69, 9.17) is 14.2 Å². The number of fused-ring (bicyclic) bond motifs is 9. The Labute approximate surface area is 146 Å². The average molecular weight is 336 g/mol. The van der Waals surface area contributed by atoms with Gasteiger partial charge in [-0.25, -0.2) is 4.79 Å². The fourth-order valence-corrected chi connectivity index (χ4v) is 4.85. The van der Waals surface area contributed by atoms with Gasteiger partial charge in [-0.15, -0.1) is 0 Å². The minimum atomic E-state index is -0.583. The van der Waals surface area contributed by atoms with Crippen LogP contribution in [0.2, 0.25) is 0 Å². The van der Waals surface area contributed by atoms with E-state index in [0.717, 1.165) is 11.1 Å². The van der Waals surface area contributed by atoms with Crippen LogP contribution in [0.3, 0.4) is 0 Å². The molecule has 4 nitrogen and oxygen atoms in total. The van der Waals surface area contributed by atoms with Crippen molar-refractivity contribution in [3.8, 4) is 0 Å². The number of rotatable bonds is 0. The van der Waals surface area contributed by atoms with E-state index in [1.54, 1.807) is 0 Å². The lowest BCUT2D eigenvalue weighted by atomic mass is 9.79. The summed E-state index contributed by atoms with van der Waals surface area (Å²) in [5, 5.41) is 0. The molecular weight excluding hydrogens is 316 g/mol. The number of hydrogen-bond donors (Lipinski definition) is 0. The van der Waals surface area contributed by atoms with Gasteiger partial charge in [0.2, 0.25) is 0 Å². The zero-order valence-corrected chi connectivity index (χ0v) is 14.8. The minimum Gasteiger partial charge on any atom is -0.424 e. The Bertz CT molecular complexity index is 906. The third-order valence-corrected chi connectivity index (χ3v) is 5.68. The first-order valence-corrected chi connectivity index (χ1v) is 8.70. The van der Waals surface area contributed by atoms with Crippen LogP contribution in [0.4, 0.5) is 4.79 Å². The third-order valence-electron chi connectivity index (χ3n) is 5.68. The molecule has 0 saturated carbocycles. The highest BCUT2D eigenvalue weighted by molar-refractivity contribution is 5.73. The van der Waals surface area contributed by atoms with Crippen molar-refractivity contribution in [3.05, 3.63) is 68.9 Å². The maximum Gasteiger partial charge on any atom is 0.509 e. The molecule has 0 spiro atoms. The Morgan fingerprint density at radius 3 is 2.32 bits per heavy atom. The highest BCUT2D eigenvalue weighted by Crippen LogP contribution is 2.52. The summed E-state index contributed by atoms with van der Waals surface area (Å²) < 4.78 is 17.0. The molecule has 0 N–H and O–H groups in total. The van der Waals surface area contributed by atoms with E-state index in [1.807, 2.05) is 0 Å². The number of ether oxygens (including phenoxy) is 3. The van der Waals surface area contributed by atoms with Crippen LogP contribution >= 0.6 is 0 Å². The second kappa shape index (κ2) is 4.85. The van der Waals surface area contributed by atoms with Crippen LogP contribution in [0.15, 0.2) is 68.9 Å². The van der Waals surface area contributed by atoms with Crippen LogP contribution in [-0.2, 0) is 14.2 Å². The van der Waals surface area contributed by atoms with Crippen molar-refractivity contribution in [1.29, 1.82) is 0 Å². The molecule has 4 atom stereocenters. The molecule has 25 heavy (non-hydrogen) atoms. The van der Waals surface area contributed by atoms with E-state index in [-0.39, 0.29) is 24.4 Å². The van der Waals surface area contributed by atoms with Crippen LogP contribution in [0.5, 0.6) is 0 Å². The first-order valence-electron chi connectivity index (χ1n) is 8.70. The molecule has 0 unspecified atom stereocenters. The number of carbonyl (C=O) groups is 1. The fourth-order valence-electron chi connectivity index (χ4n) is 4.85. The van der Waals surface area contributed by atoms with Crippen molar-refractivity contribution in [2.45, 2.75) is 52.1 Å². The predicted molar refractivity (Wildman–Crippen MR) is 92.9 cm³/mol. The maximum atomic E-state index is 11.6. The molecule has 0 aromatic heterocycles. The molecule has 4 heteroatoms. The normalized spacial score (nSPS) is 35.6. The summed E-state index contributed by atoms with van der Waals surface area (Å²) in [6.45, 7) is 8.58. The van der Waals surface area contributed by atoms with Crippen molar-refractivity contribution < 1.29 is 19.0 Å². The van der Waals surface area contributed by atoms with Gasteiger partial charge in [0, 0.05) is 0 Å². The molecule has 2 fully saturated rings. The molecule has 0 amide bonds. The Morgan fingerprint density at radius 2 is 1.56 bits per heavy atom. The van der Waals surface area contributed by atoms with Gasteiger partial charge in [-0.3, -0.25) is 0 Å². The number of hydrogen-bond acceptors (Lipinski definition) is 4. The molecule has 2 saturated heterocycles. The van der Waals surface area contributed by atoms with Crippen LogP contribution in [-0.4, -0.2) is 30.6 Å². The molecule has 128 valence electrons. The van der Waals surface area contributed by atoms with Gasteiger partial charge in [0.25, 0.3) is 0 Å². The SMILES string of the molecule is CC1=CC(C)=C2C(=C(C)C=CC3=C2[C@@H]2O[C@H]3[C@@H]3OC(=O)O[C@@H]32)C(C)=C1. The molecule has 2 aliphatic carbocycles. The van der Waals surface area contributed by atoms with Crippen LogP contribution in [0.1, 0.15) is 27.7 Å². The lowest BCUT2D eigenvalue weighted by Crippen LogP contribution is -2.36. The van der Waals surface area contributed by atoms with E-state index in [2.05, 4.69) is 52.0 Å². The van der Waals surface area contributed by atoms with Gasteiger partial charge < -0.3 is 14.2 Å². The quantitative estimate of drug-likeness (QED) is 0.625. The van der Waals surface area contributed by atoms with Crippen molar-refractivity contribution in [1.82, 2.24) is 0 Å². The van der Waals surface area contributed by atoms with Gasteiger partial charge >= 0.3 is 6.16 Å². The lowest BCUT2D eigenvalue weighted by molar-refractivity contribution is 0.0225. The number of carbonyl (C=O) groups excluding carboxylic acids is 1. The maximum absolute atomic E-state index is 11.6. The summed E-state index contributed by atoms with van der Waals surface area (Å²) >= 11 is 0. The van der Waals surface area contributed by atoms with Crippen molar-refractivity contribution in [2.24, 2.45) is 0 Å². The zero-order chi connectivity index (χ0) is 17.5. The van der Waals surface area contributed by atoms with Gasteiger partial charge in [-0.1, -0.05) is 29.9 Å². The Kier molecular flexibility index (Phi) is 2.91. The lowest BCUT2D eigenvalue weighted by Gasteiger charge is -2.25. The Balaban J connectivity index is 1.75. The van der Waals surface area contributed by atoms with Crippen LogP contribution < -0.4 is 0 Å². The third kappa shape index (κ3) is 1.89. The first kappa shape index (κ1) is 15.0. The summed E-state index contributed by atoms with van der Waals surface area (Å²) in [5.74, 6) is 0. The Hall–Kier alpha value is -2.33. The molecule has 0 aromatic rings. The summed E-state index contributed by atoms with van der Waals surface area (Å²) in [4.78, 5) is 11.6. The highest BCUT2D eigenvalue weighted by Gasteiger charge is 2.61. The second-order valence-electron chi connectivity index (χ2n) is 7.43.